The lowest BCUT2D eigenvalue weighted by Gasteiger charge is -2.30. The molecular formula is C12H27Cl2N3O2. The Hall–Kier alpha value is -0.0700. The summed E-state index contributed by atoms with van der Waals surface area (Å²) in [4.78, 5) is 13.9. The predicted molar refractivity (Wildman–Crippen MR) is 82.2 cm³/mol. The van der Waals surface area contributed by atoms with Crippen LogP contribution in [0.25, 0.3) is 0 Å². The van der Waals surface area contributed by atoms with Gasteiger partial charge in [0.1, 0.15) is 6.04 Å². The van der Waals surface area contributed by atoms with Gasteiger partial charge in [0.25, 0.3) is 0 Å². The summed E-state index contributed by atoms with van der Waals surface area (Å²) in [6.45, 7) is 6.43. The van der Waals surface area contributed by atoms with Crippen LogP contribution >= 0.6 is 24.8 Å². The lowest BCUT2D eigenvalue weighted by Crippen LogP contribution is -2.46. The van der Waals surface area contributed by atoms with Gasteiger partial charge in [0.15, 0.2) is 0 Å². The Labute approximate surface area is 128 Å². The maximum absolute atomic E-state index is 11.5. The summed E-state index contributed by atoms with van der Waals surface area (Å²) >= 11 is 0. The number of methoxy groups -OCH3 is 1. The van der Waals surface area contributed by atoms with E-state index in [-0.39, 0.29) is 37.3 Å². The Morgan fingerprint density at radius 3 is 2.53 bits per heavy atom. The number of carbonyl (C=O) groups is 1. The molecule has 19 heavy (non-hydrogen) atoms. The highest BCUT2D eigenvalue weighted by Crippen LogP contribution is 2.14. The molecule has 1 saturated heterocycles. The molecule has 1 unspecified atom stereocenters. The van der Waals surface area contributed by atoms with E-state index in [1.165, 1.54) is 12.8 Å². The van der Waals surface area contributed by atoms with Gasteiger partial charge in [0, 0.05) is 20.2 Å². The molecule has 1 fully saturated rings. The molecule has 1 heterocycles. The number of hydrogen-bond acceptors (Lipinski definition) is 4. The van der Waals surface area contributed by atoms with Gasteiger partial charge in [-0.1, -0.05) is 6.92 Å². The molecule has 0 spiro atoms. The molecule has 1 aliphatic heterocycles. The summed E-state index contributed by atoms with van der Waals surface area (Å²) in [7, 11) is 1.54. The van der Waals surface area contributed by atoms with Gasteiger partial charge >= 0.3 is 0 Å². The third kappa shape index (κ3) is 8.65. The number of amides is 1. The summed E-state index contributed by atoms with van der Waals surface area (Å²) in [6, 6.07) is -0.554. The van der Waals surface area contributed by atoms with Crippen molar-refractivity contribution in [2.45, 2.75) is 25.8 Å². The minimum atomic E-state index is -0.554. The summed E-state index contributed by atoms with van der Waals surface area (Å²) in [5.41, 5.74) is 5.61. The molecule has 0 bridgehead atoms. The lowest BCUT2D eigenvalue weighted by molar-refractivity contribution is -0.123. The van der Waals surface area contributed by atoms with Crippen LogP contribution in [0.15, 0.2) is 0 Å². The van der Waals surface area contributed by atoms with E-state index in [9.17, 15) is 4.79 Å². The van der Waals surface area contributed by atoms with E-state index in [1.54, 1.807) is 7.11 Å². The van der Waals surface area contributed by atoms with Crippen LogP contribution in [0.1, 0.15) is 19.8 Å². The third-order valence-corrected chi connectivity index (χ3v) is 3.29. The molecule has 0 aromatic carbocycles. The minimum Gasteiger partial charge on any atom is -0.383 e. The molecule has 0 aliphatic carbocycles. The number of likely N-dealkylation sites (tertiary alicyclic amines) is 1. The van der Waals surface area contributed by atoms with Crippen molar-refractivity contribution in [2.24, 2.45) is 11.7 Å². The number of ether oxygens (including phenoxy) is 1. The van der Waals surface area contributed by atoms with Gasteiger partial charge in [-0.25, -0.2) is 0 Å². The zero-order chi connectivity index (χ0) is 12.7. The van der Waals surface area contributed by atoms with E-state index in [2.05, 4.69) is 17.1 Å². The second-order valence-corrected chi connectivity index (χ2v) is 4.88. The third-order valence-electron chi connectivity index (χ3n) is 3.29. The molecule has 0 saturated carbocycles. The van der Waals surface area contributed by atoms with Gasteiger partial charge in [-0.15, -0.1) is 24.8 Å². The molecule has 0 aromatic heterocycles. The van der Waals surface area contributed by atoms with Crippen molar-refractivity contribution in [1.29, 1.82) is 0 Å². The summed E-state index contributed by atoms with van der Waals surface area (Å²) in [5.74, 6) is 0.716. The minimum absolute atomic E-state index is 0. The fourth-order valence-electron chi connectivity index (χ4n) is 2.01. The van der Waals surface area contributed by atoms with E-state index in [0.29, 0.717) is 6.54 Å². The van der Waals surface area contributed by atoms with Gasteiger partial charge in [-0.05, 0) is 31.8 Å². The Balaban J connectivity index is 0. The highest BCUT2D eigenvalue weighted by molar-refractivity contribution is 5.85. The first-order valence-corrected chi connectivity index (χ1v) is 6.38. The molecule has 1 aliphatic rings. The first kappa shape index (κ1) is 21.2. The van der Waals surface area contributed by atoms with E-state index in [0.717, 1.165) is 25.6 Å². The normalized spacial score (nSPS) is 18.1. The lowest BCUT2D eigenvalue weighted by atomic mass is 9.99. The van der Waals surface area contributed by atoms with Crippen molar-refractivity contribution < 1.29 is 9.53 Å². The molecular weight excluding hydrogens is 289 g/mol. The second-order valence-electron chi connectivity index (χ2n) is 4.88. The van der Waals surface area contributed by atoms with Crippen molar-refractivity contribution in [3.05, 3.63) is 0 Å². The van der Waals surface area contributed by atoms with E-state index >= 15 is 0 Å². The van der Waals surface area contributed by atoms with Crippen LogP contribution in [0.3, 0.4) is 0 Å². The number of piperidine rings is 1. The van der Waals surface area contributed by atoms with E-state index < -0.39 is 6.04 Å². The smallest absolute Gasteiger partial charge is 0.239 e. The van der Waals surface area contributed by atoms with Crippen molar-refractivity contribution in [3.8, 4) is 0 Å². The van der Waals surface area contributed by atoms with Crippen molar-refractivity contribution in [3.63, 3.8) is 0 Å². The average Bonchev–Trinajstić information content (AvgIpc) is 2.32. The fourth-order valence-corrected chi connectivity index (χ4v) is 2.01. The maximum atomic E-state index is 11.5. The zero-order valence-electron chi connectivity index (χ0n) is 11.8. The quantitative estimate of drug-likeness (QED) is 0.755. The van der Waals surface area contributed by atoms with Crippen LogP contribution in [-0.4, -0.2) is 56.7 Å². The Bertz CT molecular complexity index is 237. The standard InChI is InChI=1S/C12H25N3O2.2ClH/c1-10-3-6-15(7-4-10)8-5-14-12(16)11(13)9-17-2;;/h10-11H,3-9,13H2,1-2H3,(H,14,16);2*1H. The van der Waals surface area contributed by atoms with Crippen LogP contribution in [0.5, 0.6) is 0 Å². The average molecular weight is 316 g/mol. The fraction of sp³-hybridized carbons (Fsp3) is 0.917. The number of carbonyl (C=O) groups excluding carboxylic acids is 1. The number of halogens is 2. The number of nitrogens with two attached hydrogens (primary N) is 1. The summed E-state index contributed by atoms with van der Waals surface area (Å²) < 4.78 is 4.84. The van der Waals surface area contributed by atoms with Crippen LogP contribution in [0.4, 0.5) is 0 Å². The van der Waals surface area contributed by atoms with Crippen LogP contribution in [-0.2, 0) is 9.53 Å². The molecule has 116 valence electrons. The molecule has 3 N–H and O–H groups in total. The van der Waals surface area contributed by atoms with Gasteiger partial charge in [-0.3, -0.25) is 4.79 Å². The van der Waals surface area contributed by atoms with Gasteiger partial charge in [0.05, 0.1) is 6.61 Å². The highest BCUT2D eigenvalue weighted by Gasteiger charge is 2.16. The molecule has 7 heteroatoms. The first-order valence-electron chi connectivity index (χ1n) is 6.38. The monoisotopic (exact) mass is 315 g/mol. The van der Waals surface area contributed by atoms with E-state index in [4.69, 9.17) is 10.5 Å². The van der Waals surface area contributed by atoms with Gasteiger partial charge in [0.2, 0.25) is 5.91 Å². The van der Waals surface area contributed by atoms with Crippen molar-refractivity contribution >= 4 is 30.7 Å². The largest absolute Gasteiger partial charge is 0.383 e. The summed E-state index contributed by atoms with van der Waals surface area (Å²) in [5, 5.41) is 2.84. The molecule has 5 nitrogen and oxygen atoms in total. The number of nitrogens with zero attached hydrogens (tertiary/aromatic N) is 1. The Morgan fingerprint density at radius 2 is 2.00 bits per heavy atom. The van der Waals surface area contributed by atoms with Crippen molar-refractivity contribution in [2.75, 3.05) is 39.9 Å². The van der Waals surface area contributed by atoms with Crippen molar-refractivity contribution in [1.82, 2.24) is 10.2 Å². The van der Waals surface area contributed by atoms with Gasteiger partial charge in [-0.2, -0.15) is 0 Å². The zero-order valence-corrected chi connectivity index (χ0v) is 13.4. The molecule has 1 atom stereocenters. The van der Waals surface area contributed by atoms with E-state index in [1.807, 2.05) is 0 Å². The molecule has 1 amide bonds. The predicted octanol–water partition coefficient (Wildman–Crippen LogP) is 0.652. The summed E-state index contributed by atoms with van der Waals surface area (Å²) in [6.07, 6.45) is 2.52. The molecule has 0 radical (unpaired) electrons. The SMILES string of the molecule is COCC(N)C(=O)NCCN1CCC(C)CC1.Cl.Cl. The highest BCUT2D eigenvalue weighted by atomic mass is 35.5. The Morgan fingerprint density at radius 1 is 1.42 bits per heavy atom. The topological polar surface area (TPSA) is 67.6 Å². The van der Waals surface area contributed by atoms with Crippen LogP contribution < -0.4 is 11.1 Å². The Kier molecular flexibility index (Phi) is 13.1. The van der Waals surface area contributed by atoms with Crippen LogP contribution in [0, 0.1) is 5.92 Å². The molecule has 0 aromatic rings. The van der Waals surface area contributed by atoms with Gasteiger partial charge < -0.3 is 20.7 Å². The number of nitrogens with one attached hydrogen (secondary N) is 1. The second kappa shape index (κ2) is 11.7. The maximum Gasteiger partial charge on any atom is 0.239 e. The van der Waals surface area contributed by atoms with Crippen LogP contribution in [0.2, 0.25) is 0 Å². The first-order chi connectivity index (χ1) is 8.13. The number of rotatable bonds is 6. The molecule has 1 rings (SSSR count). The number of hydrogen-bond donors (Lipinski definition) is 2.